The van der Waals surface area contributed by atoms with E-state index in [1.54, 1.807) is 12.1 Å². The van der Waals surface area contributed by atoms with Gasteiger partial charge in [0.2, 0.25) is 0 Å². The van der Waals surface area contributed by atoms with Crippen molar-refractivity contribution >= 4 is 17.4 Å². The highest BCUT2D eigenvalue weighted by Gasteiger charge is 2.46. The second-order valence-corrected chi connectivity index (χ2v) is 7.53. The lowest BCUT2D eigenvalue weighted by Gasteiger charge is -2.25. The van der Waals surface area contributed by atoms with Crippen molar-refractivity contribution in [3.63, 3.8) is 0 Å². The van der Waals surface area contributed by atoms with E-state index in [4.69, 9.17) is 14.2 Å². The van der Waals surface area contributed by atoms with E-state index < -0.39 is 29.3 Å². The number of aliphatic hydroxyl groups is 1. The van der Waals surface area contributed by atoms with Crippen molar-refractivity contribution < 1.29 is 33.3 Å². The van der Waals surface area contributed by atoms with Gasteiger partial charge in [-0.2, -0.15) is 0 Å². The maximum absolute atomic E-state index is 13.6. The number of amides is 1. The molecule has 0 radical (unpaired) electrons. The number of hydrogen-bond acceptors (Lipinski definition) is 6. The summed E-state index contributed by atoms with van der Waals surface area (Å²) in [7, 11) is 2.90. The molecule has 1 aliphatic heterocycles. The summed E-state index contributed by atoms with van der Waals surface area (Å²) < 4.78 is 29.7. The van der Waals surface area contributed by atoms with Crippen LogP contribution in [0.2, 0.25) is 0 Å². The average Bonchev–Trinajstić information content (AvgIpc) is 3.03. The Morgan fingerprint density at radius 1 is 1.09 bits per heavy atom. The molecule has 2 aromatic rings. The summed E-state index contributed by atoms with van der Waals surface area (Å²) in [6.07, 6.45) is -0.0582. The molecule has 170 valence electrons. The molecule has 1 heterocycles. The van der Waals surface area contributed by atoms with E-state index in [2.05, 4.69) is 0 Å². The minimum Gasteiger partial charge on any atom is -0.507 e. The van der Waals surface area contributed by atoms with Gasteiger partial charge in [0.1, 0.15) is 23.1 Å². The van der Waals surface area contributed by atoms with Crippen LogP contribution in [0.1, 0.15) is 31.0 Å². The maximum Gasteiger partial charge on any atom is 0.295 e. The lowest BCUT2D eigenvalue weighted by Crippen LogP contribution is -2.33. The number of ketones is 1. The van der Waals surface area contributed by atoms with Crippen LogP contribution in [0.4, 0.5) is 4.39 Å². The van der Waals surface area contributed by atoms with Crippen LogP contribution in [-0.4, -0.2) is 55.2 Å². The lowest BCUT2D eigenvalue weighted by molar-refractivity contribution is -0.140. The molecule has 1 amide bonds. The van der Waals surface area contributed by atoms with Crippen LogP contribution in [-0.2, 0) is 14.3 Å². The van der Waals surface area contributed by atoms with Crippen molar-refractivity contribution in [2.24, 2.45) is 0 Å². The molecule has 1 N–H and O–H groups in total. The van der Waals surface area contributed by atoms with Crippen LogP contribution in [0, 0.1) is 5.82 Å². The quantitative estimate of drug-likeness (QED) is 0.381. The van der Waals surface area contributed by atoms with E-state index in [-0.39, 0.29) is 30.4 Å². The first-order chi connectivity index (χ1) is 15.3. The van der Waals surface area contributed by atoms with Crippen LogP contribution >= 0.6 is 0 Å². The molecule has 1 saturated heterocycles. The molecule has 1 aliphatic rings. The second-order valence-electron chi connectivity index (χ2n) is 7.53. The van der Waals surface area contributed by atoms with Crippen molar-refractivity contribution in [1.82, 2.24) is 4.90 Å². The fraction of sp³-hybridized carbons (Fsp3) is 0.333. The Balaban J connectivity index is 2.16. The third-order valence-corrected chi connectivity index (χ3v) is 5.17. The fourth-order valence-corrected chi connectivity index (χ4v) is 3.63. The molecule has 1 fully saturated rings. The first-order valence-corrected chi connectivity index (χ1v) is 10.2. The number of likely N-dealkylation sites (tertiary alicyclic amines) is 1. The highest BCUT2D eigenvalue weighted by atomic mass is 19.1. The highest BCUT2D eigenvalue weighted by Crippen LogP contribution is 2.41. The summed E-state index contributed by atoms with van der Waals surface area (Å²) >= 11 is 0. The first kappa shape index (κ1) is 23.3. The molecule has 2 aromatic carbocycles. The van der Waals surface area contributed by atoms with Gasteiger partial charge in [-0.05, 0) is 49.7 Å². The van der Waals surface area contributed by atoms with Crippen molar-refractivity contribution in [2.45, 2.75) is 26.0 Å². The predicted molar refractivity (Wildman–Crippen MR) is 116 cm³/mol. The molecule has 32 heavy (non-hydrogen) atoms. The summed E-state index contributed by atoms with van der Waals surface area (Å²) in [5, 5.41) is 11.2. The van der Waals surface area contributed by atoms with Crippen molar-refractivity contribution in [2.75, 3.05) is 27.4 Å². The summed E-state index contributed by atoms with van der Waals surface area (Å²) in [6, 6.07) is 9.30. The second kappa shape index (κ2) is 9.82. The number of rotatable bonds is 8. The summed E-state index contributed by atoms with van der Waals surface area (Å²) in [6.45, 7) is 4.04. The van der Waals surface area contributed by atoms with Gasteiger partial charge >= 0.3 is 0 Å². The zero-order valence-electron chi connectivity index (χ0n) is 18.4. The van der Waals surface area contributed by atoms with E-state index in [0.29, 0.717) is 17.1 Å². The van der Waals surface area contributed by atoms with E-state index in [0.717, 1.165) is 0 Å². The van der Waals surface area contributed by atoms with Gasteiger partial charge in [-0.15, -0.1) is 0 Å². The Labute approximate surface area is 186 Å². The first-order valence-electron chi connectivity index (χ1n) is 10.2. The van der Waals surface area contributed by atoms with Crippen LogP contribution in [0.5, 0.6) is 11.5 Å². The number of benzene rings is 2. The van der Waals surface area contributed by atoms with Gasteiger partial charge in [0.25, 0.3) is 11.7 Å². The number of halogens is 1. The fourth-order valence-electron chi connectivity index (χ4n) is 3.63. The van der Waals surface area contributed by atoms with Gasteiger partial charge in [0.05, 0.1) is 44.1 Å². The van der Waals surface area contributed by atoms with Crippen molar-refractivity contribution in [3.8, 4) is 11.5 Å². The molecule has 7 nitrogen and oxygen atoms in total. The van der Waals surface area contributed by atoms with E-state index in [1.807, 2.05) is 13.8 Å². The Hall–Kier alpha value is -3.39. The van der Waals surface area contributed by atoms with Gasteiger partial charge < -0.3 is 24.2 Å². The number of aliphatic hydroxyl groups excluding tert-OH is 1. The minimum absolute atomic E-state index is 0.0582. The van der Waals surface area contributed by atoms with Crippen LogP contribution in [0.3, 0.4) is 0 Å². The standard InChI is InChI=1S/C24H26FNO6/c1-14(2)32-12-11-26-21(15-5-7-16(25)8-6-15)20(23(28)24(26)29)22(27)18-13-17(30-3)9-10-19(18)31-4/h5-10,13-14,21,27H,11-12H2,1-4H3/b22-20+. The monoisotopic (exact) mass is 443 g/mol. The molecule has 0 spiro atoms. The number of Topliss-reactive ketones (excluding diaryl/α,β-unsaturated/α-hetero) is 1. The van der Waals surface area contributed by atoms with Crippen LogP contribution in [0.25, 0.3) is 5.76 Å². The Bertz CT molecular complexity index is 1030. The largest absolute Gasteiger partial charge is 0.507 e. The van der Waals surface area contributed by atoms with E-state index >= 15 is 0 Å². The molecule has 8 heteroatoms. The zero-order chi connectivity index (χ0) is 23.4. The number of hydrogen-bond donors (Lipinski definition) is 1. The Morgan fingerprint density at radius 2 is 1.78 bits per heavy atom. The summed E-state index contributed by atoms with van der Waals surface area (Å²) in [5.41, 5.74) is 0.576. The molecule has 0 aromatic heterocycles. The van der Waals surface area contributed by atoms with E-state index in [1.165, 1.54) is 49.5 Å². The SMILES string of the molecule is COc1ccc(OC)c(/C(O)=C2\C(=O)C(=O)N(CCOC(C)C)C2c2ccc(F)cc2)c1. The Kier molecular flexibility index (Phi) is 7.15. The normalized spacial score (nSPS) is 17.8. The number of carbonyl (C=O) groups excluding carboxylic acids is 2. The lowest BCUT2D eigenvalue weighted by atomic mass is 9.95. The van der Waals surface area contributed by atoms with Gasteiger partial charge in [-0.1, -0.05) is 12.1 Å². The van der Waals surface area contributed by atoms with Crippen LogP contribution < -0.4 is 9.47 Å². The number of methoxy groups -OCH3 is 2. The number of ether oxygens (including phenoxy) is 3. The topological polar surface area (TPSA) is 85.3 Å². The van der Waals surface area contributed by atoms with Crippen LogP contribution in [0.15, 0.2) is 48.0 Å². The summed E-state index contributed by atoms with van der Waals surface area (Å²) in [5.74, 6) is -1.73. The van der Waals surface area contributed by atoms with Crippen molar-refractivity contribution in [1.29, 1.82) is 0 Å². The molecule has 1 atom stereocenters. The zero-order valence-corrected chi connectivity index (χ0v) is 18.4. The molecular weight excluding hydrogens is 417 g/mol. The maximum atomic E-state index is 13.6. The Morgan fingerprint density at radius 3 is 2.38 bits per heavy atom. The third kappa shape index (κ3) is 4.60. The molecule has 0 saturated carbocycles. The highest BCUT2D eigenvalue weighted by molar-refractivity contribution is 6.46. The van der Waals surface area contributed by atoms with Crippen molar-refractivity contribution in [3.05, 3.63) is 65.0 Å². The molecule has 0 bridgehead atoms. The van der Waals surface area contributed by atoms with Gasteiger partial charge in [-0.25, -0.2) is 4.39 Å². The minimum atomic E-state index is -0.915. The smallest absolute Gasteiger partial charge is 0.295 e. The molecular formula is C24H26FNO6. The number of nitrogens with zero attached hydrogens (tertiary/aromatic N) is 1. The van der Waals surface area contributed by atoms with Gasteiger partial charge in [0.15, 0.2) is 0 Å². The molecule has 1 unspecified atom stereocenters. The number of carbonyl (C=O) groups is 2. The third-order valence-electron chi connectivity index (χ3n) is 5.17. The van der Waals surface area contributed by atoms with Gasteiger partial charge in [-0.3, -0.25) is 9.59 Å². The van der Waals surface area contributed by atoms with E-state index in [9.17, 15) is 19.1 Å². The molecule has 0 aliphatic carbocycles. The predicted octanol–water partition coefficient (Wildman–Crippen LogP) is 3.69. The van der Waals surface area contributed by atoms with Gasteiger partial charge in [0, 0.05) is 6.54 Å². The average molecular weight is 443 g/mol. The molecule has 3 rings (SSSR count). The summed E-state index contributed by atoms with van der Waals surface area (Å²) in [4.78, 5) is 27.3.